The lowest BCUT2D eigenvalue weighted by Gasteiger charge is -2.14. The molecule has 0 aliphatic carbocycles. The third-order valence-electron chi connectivity index (χ3n) is 3.71. The van der Waals surface area contributed by atoms with Gasteiger partial charge in [0.25, 0.3) is 0 Å². The van der Waals surface area contributed by atoms with Crippen molar-refractivity contribution < 1.29 is 0 Å². The molecule has 23 heavy (non-hydrogen) atoms. The van der Waals surface area contributed by atoms with Gasteiger partial charge < -0.3 is 0 Å². The summed E-state index contributed by atoms with van der Waals surface area (Å²) in [5, 5.41) is 1.76. The highest BCUT2D eigenvalue weighted by Crippen LogP contribution is 2.36. The second-order valence-corrected chi connectivity index (χ2v) is 7.78. The van der Waals surface area contributed by atoms with Crippen LogP contribution in [-0.2, 0) is 11.5 Å². The van der Waals surface area contributed by atoms with Crippen molar-refractivity contribution in [3.8, 4) is 0 Å². The first-order valence-electron chi connectivity index (χ1n) is 7.25. The van der Waals surface area contributed by atoms with E-state index < -0.39 is 0 Å². The number of halogens is 1. The van der Waals surface area contributed by atoms with E-state index in [2.05, 4.69) is 29.2 Å². The van der Waals surface area contributed by atoms with Crippen LogP contribution in [0.3, 0.4) is 0 Å². The molecule has 0 spiro atoms. The number of fused-ring (bicyclic) bond motifs is 2. The first kappa shape index (κ1) is 15.1. The van der Waals surface area contributed by atoms with Gasteiger partial charge in [0, 0.05) is 28.1 Å². The Kier molecular flexibility index (Phi) is 4.29. The van der Waals surface area contributed by atoms with Gasteiger partial charge in [-0.25, -0.2) is 4.99 Å². The van der Waals surface area contributed by atoms with Gasteiger partial charge >= 0.3 is 0 Å². The molecule has 3 aromatic rings. The summed E-state index contributed by atoms with van der Waals surface area (Å²) < 4.78 is 1.11. The van der Waals surface area contributed by atoms with E-state index in [-0.39, 0.29) is 0 Å². The summed E-state index contributed by atoms with van der Waals surface area (Å²) in [6, 6.07) is 16.3. The van der Waals surface area contributed by atoms with Gasteiger partial charge in [-0.3, -0.25) is 4.98 Å². The predicted octanol–water partition coefficient (Wildman–Crippen LogP) is 6.06. The lowest BCUT2D eigenvalue weighted by Crippen LogP contribution is -1.97. The minimum atomic E-state index is 0.750. The summed E-state index contributed by atoms with van der Waals surface area (Å²) in [7, 11) is 0. The Balaban J connectivity index is 1.59. The molecule has 2 nitrogen and oxygen atoms in total. The van der Waals surface area contributed by atoms with E-state index in [1.807, 2.05) is 30.5 Å². The summed E-state index contributed by atoms with van der Waals surface area (Å²) in [6.45, 7) is 0. The summed E-state index contributed by atoms with van der Waals surface area (Å²) in [4.78, 5) is 9.25. The van der Waals surface area contributed by atoms with Gasteiger partial charge in [-0.2, -0.15) is 0 Å². The van der Waals surface area contributed by atoms with Gasteiger partial charge in [-0.1, -0.05) is 59.4 Å². The SMILES string of the molecule is Clc1ccc(CSC2=Nc3ccccc3CS2)c2ncccc12. The van der Waals surface area contributed by atoms with Gasteiger partial charge in [0.15, 0.2) is 0 Å². The van der Waals surface area contributed by atoms with Crippen LogP contribution in [0.5, 0.6) is 0 Å². The van der Waals surface area contributed by atoms with Crippen LogP contribution in [-0.4, -0.2) is 9.36 Å². The van der Waals surface area contributed by atoms with Crippen molar-refractivity contribution in [3.63, 3.8) is 0 Å². The van der Waals surface area contributed by atoms with E-state index in [0.29, 0.717) is 0 Å². The second kappa shape index (κ2) is 6.56. The lowest BCUT2D eigenvalue weighted by atomic mass is 10.1. The zero-order chi connectivity index (χ0) is 15.6. The van der Waals surface area contributed by atoms with Crippen LogP contribution in [0.1, 0.15) is 11.1 Å². The molecule has 114 valence electrons. The molecule has 0 bridgehead atoms. The molecule has 0 unspecified atom stereocenters. The van der Waals surface area contributed by atoms with Gasteiger partial charge in [0.1, 0.15) is 4.38 Å². The number of benzene rings is 2. The van der Waals surface area contributed by atoms with Crippen LogP contribution in [0, 0.1) is 0 Å². The van der Waals surface area contributed by atoms with Crippen LogP contribution in [0.25, 0.3) is 10.9 Å². The molecule has 1 aromatic heterocycles. The van der Waals surface area contributed by atoms with Gasteiger partial charge in [-0.15, -0.1) is 0 Å². The largest absolute Gasteiger partial charge is 0.256 e. The maximum Gasteiger partial charge on any atom is 0.131 e. The van der Waals surface area contributed by atoms with E-state index in [1.54, 1.807) is 23.5 Å². The third-order valence-corrected chi connectivity index (χ3v) is 6.33. The van der Waals surface area contributed by atoms with E-state index in [1.165, 1.54) is 11.1 Å². The number of hydrogen-bond donors (Lipinski definition) is 0. The molecule has 2 aromatic carbocycles. The molecule has 0 N–H and O–H groups in total. The monoisotopic (exact) mass is 356 g/mol. The number of aliphatic imine (C=N–C) groups is 1. The van der Waals surface area contributed by atoms with Crippen molar-refractivity contribution >= 4 is 56.1 Å². The van der Waals surface area contributed by atoms with Gasteiger partial charge in [0.05, 0.1) is 11.2 Å². The van der Waals surface area contributed by atoms with Crippen LogP contribution >= 0.6 is 35.1 Å². The van der Waals surface area contributed by atoms with Crippen LogP contribution in [0.15, 0.2) is 59.7 Å². The number of para-hydroxylation sites is 1. The molecule has 0 saturated carbocycles. The van der Waals surface area contributed by atoms with E-state index in [9.17, 15) is 0 Å². The molecule has 1 aliphatic rings. The number of pyridine rings is 1. The van der Waals surface area contributed by atoms with Crippen molar-refractivity contribution in [1.82, 2.24) is 4.98 Å². The first-order valence-corrected chi connectivity index (χ1v) is 9.60. The van der Waals surface area contributed by atoms with Crippen molar-refractivity contribution in [2.45, 2.75) is 11.5 Å². The molecule has 0 radical (unpaired) electrons. The van der Waals surface area contributed by atoms with Crippen molar-refractivity contribution in [2.24, 2.45) is 4.99 Å². The zero-order valence-corrected chi connectivity index (χ0v) is 14.6. The van der Waals surface area contributed by atoms with E-state index >= 15 is 0 Å². The highest BCUT2D eigenvalue weighted by molar-refractivity contribution is 8.38. The Bertz CT molecular complexity index is 908. The maximum atomic E-state index is 6.26. The standard InChI is InChI=1S/C18H13ClN2S2/c19-15-8-7-13(17-14(15)5-3-9-20-17)11-23-18-21-16-6-2-1-4-12(16)10-22-18/h1-9H,10-11H2. The second-order valence-electron chi connectivity index (χ2n) is 5.19. The average molecular weight is 357 g/mol. The Morgan fingerprint density at radius 3 is 2.96 bits per heavy atom. The fraction of sp³-hybridized carbons (Fsp3) is 0.111. The topological polar surface area (TPSA) is 25.2 Å². The minimum Gasteiger partial charge on any atom is -0.256 e. The summed E-state index contributed by atoms with van der Waals surface area (Å²) >= 11 is 9.82. The average Bonchev–Trinajstić information content (AvgIpc) is 2.61. The van der Waals surface area contributed by atoms with E-state index in [4.69, 9.17) is 16.6 Å². The number of aromatic nitrogens is 1. The number of thioether (sulfide) groups is 2. The molecule has 4 rings (SSSR count). The van der Waals surface area contributed by atoms with Gasteiger partial charge in [0.2, 0.25) is 0 Å². The van der Waals surface area contributed by atoms with E-state index in [0.717, 1.165) is 37.5 Å². The Morgan fingerprint density at radius 2 is 2.00 bits per heavy atom. The van der Waals surface area contributed by atoms with Crippen molar-refractivity contribution in [3.05, 3.63) is 70.9 Å². The van der Waals surface area contributed by atoms with Crippen LogP contribution < -0.4 is 0 Å². The molecule has 1 aliphatic heterocycles. The van der Waals surface area contributed by atoms with Crippen molar-refractivity contribution in [2.75, 3.05) is 0 Å². The number of hydrogen-bond acceptors (Lipinski definition) is 4. The highest BCUT2D eigenvalue weighted by atomic mass is 35.5. The smallest absolute Gasteiger partial charge is 0.131 e. The number of nitrogens with zero attached hydrogens (tertiary/aromatic N) is 2. The Morgan fingerprint density at radius 1 is 1.09 bits per heavy atom. The molecular weight excluding hydrogens is 344 g/mol. The summed E-state index contributed by atoms with van der Waals surface area (Å²) in [6.07, 6.45) is 1.82. The van der Waals surface area contributed by atoms with Crippen LogP contribution in [0.2, 0.25) is 5.02 Å². The summed E-state index contributed by atoms with van der Waals surface area (Å²) in [5.74, 6) is 1.83. The van der Waals surface area contributed by atoms with Crippen LogP contribution in [0.4, 0.5) is 5.69 Å². The molecular formula is C18H13ClN2S2. The zero-order valence-electron chi connectivity index (χ0n) is 12.2. The van der Waals surface area contributed by atoms with Crippen molar-refractivity contribution in [1.29, 1.82) is 0 Å². The normalized spacial score (nSPS) is 13.7. The minimum absolute atomic E-state index is 0.750. The molecule has 5 heteroatoms. The molecule has 0 saturated heterocycles. The molecule has 2 heterocycles. The lowest BCUT2D eigenvalue weighted by molar-refractivity contribution is 1.35. The quantitative estimate of drug-likeness (QED) is 0.558. The maximum absolute atomic E-state index is 6.26. The fourth-order valence-electron chi connectivity index (χ4n) is 2.54. The molecule has 0 amide bonds. The predicted molar refractivity (Wildman–Crippen MR) is 103 cm³/mol. The number of rotatable bonds is 2. The molecule has 0 atom stereocenters. The Labute approximate surface area is 148 Å². The summed E-state index contributed by atoms with van der Waals surface area (Å²) in [5.41, 5.74) is 4.57. The first-order chi connectivity index (χ1) is 11.3. The van der Waals surface area contributed by atoms with Gasteiger partial charge in [-0.05, 0) is 35.4 Å². The Hall–Kier alpha value is -1.49. The highest BCUT2D eigenvalue weighted by Gasteiger charge is 2.13. The molecule has 0 fully saturated rings. The third kappa shape index (κ3) is 3.11. The fourth-order valence-corrected chi connectivity index (χ4v) is 4.80.